The molecule has 0 amide bonds. The number of aromatic nitrogens is 1. The zero-order valence-corrected chi connectivity index (χ0v) is 14.5. The smallest absolute Gasteiger partial charge is 0.306 e. The van der Waals surface area contributed by atoms with E-state index in [2.05, 4.69) is 33.2 Å². The normalized spacial score (nSPS) is 12.2. The van der Waals surface area contributed by atoms with Crippen LogP contribution in [0.3, 0.4) is 0 Å². The Hall–Kier alpha value is -3.51. The maximum atomic E-state index is 5.92. The van der Waals surface area contributed by atoms with E-state index in [1.807, 2.05) is 55.5 Å². The van der Waals surface area contributed by atoms with E-state index in [1.165, 1.54) is 0 Å². The summed E-state index contributed by atoms with van der Waals surface area (Å²) in [5.74, 6) is 1.07. The average molecular weight is 345 g/mol. The maximum absolute atomic E-state index is 5.92. The number of benzene rings is 2. The Morgan fingerprint density at radius 3 is 2.38 bits per heavy atom. The van der Waals surface area contributed by atoms with Gasteiger partial charge in [-0.2, -0.15) is 0 Å². The molecule has 2 aromatic carbocycles. The van der Waals surface area contributed by atoms with Crippen LogP contribution in [-0.4, -0.2) is 16.9 Å². The molecule has 6 nitrogen and oxygen atoms in total. The Kier molecular flexibility index (Phi) is 5.36. The summed E-state index contributed by atoms with van der Waals surface area (Å²) in [5, 5.41) is 1.65. The van der Waals surface area contributed by atoms with Crippen molar-refractivity contribution in [2.45, 2.75) is 6.92 Å². The number of aryl methyl sites for hydroxylation is 1. The maximum Gasteiger partial charge on any atom is 0.306 e. The van der Waals surface area contributed by atoms with Crippen LogP contribution >= 0.6 is 0 Å². The van der Waals surface area contributed by atoms with Gasteiger partial charge in [0.15, 0.2) is 0 Å². The summed E-state index contributed by atoms with van der Waals surface area (Å²) in [4.78, 5) is 12.6. The van der Waals surface area contributed by atoms with E-state index in [9.17, 15) is 0 Å². The van der Waals surface area contributed by atoms with Gasteiger partial charge in [0, 0.05) is 12.3 Å². The molecule has 1 heterocycles. The lowest BCUT2D eigenvalue weighted by Crippen LogP contribution is -2.85. The summed E-state index contributed by atoms with van der Waals surface area (Å²) >= 11 is 0. The molecule has 0 saturated heterocycles. The van der Waals surface area contributed by atoms with Crippen LogP contribution in [0, 0.1) is 6.92 Å². The van der Waals surface area contributed by atoms with Crippen molar-refractivity contribution in [2.75, 3.05) is 0 Å². The van der Waals surface area contributed by atoms with Crippen molar-refractivity contribution in [2.24, 2.45) is 21.5 Å². The largest absolute Gasteiger partial charge is 0.368 e. The minimum atomic E-state index is 0.102. The van der Waals surface area contributed by atoms with Gasteiger partial charge in [0.25, 0.3) is 0 Å². The van der Waals surface area contributed by atoms with Gasteiger partial charge < -0.3 is 11.5 Å². The summed E-state index contributed by atoms with van der Waals surface area (Å²) in [5.41, 5.74) is 15.9. The molecular weight excluding hydrogens is 324 g/mol. The number of guanidine groups is 2. The third-order valence-electron chi connectivity index (χ3n) is 3.77. The highest BCUT2D eigenvalue weighted by Crippen LogP contribution is 2.26. The van der Waals surface area contributed by atoms with Gasteiger partial charge in [-0.05, 0) is 41.8 Å². The van der Waals surface area contributed by atoms with Crippen LogP contribution in [0.4, 0.5) is 11.5 Å². The fraction of sp³-hybridized carbons (Fsp3) is 0.0500. The molecule has 0 unspecified atom stereocenters. The molecule has 0 aliphatic rings. The highest BCUT2D eigenvalue weighted by molar-refractivity contribution is 5.91. The van der Waals surface area contributed by atoms with Gasteiger partial charge in [0.1, 0.15) is 0 Å². The Morgan fingerprint density at radius 2 is 1.69 bits per heavy atom. The van der Waals surface area contributed by atoms with Gasteiger partial charge in [-0.25, -0.2) is 15.3 Å². The lowest BCUT2D eigenvalue weighted by Gasteiger charge is -2.06. The van der Waals surface area contributed by atoms with Crippen LogP contribution < -0.4 is 16.8 Å². The molecule has 0 atom stereocenters. The van der Waals surface area contributed by atoms with Crippen LogP contribution in [0.2, 0.25) is 0 Å². The van der Waals surface area contributed by atoms with Crippen molar-refractivity contribution >= 4 is 23.4 Å². The molecule has 26 heavy (non-hydrogen) atoms. The predicted octanol–water partition coefficient (Wildman–Crippen LogP) is 2.21. The molecule has 3 rings (SSSR count). The first-order chi connectivity index (χ1) is 12.6. The van der Waals surface area contributed by atoms with Crippen molar-refractivity contribution in [3.05, 3.63) is 78.5 Å². The number of aliphatic imine (C=N–C) groups is 2. The SMILES string of the molecule is Cc1cc(-c2ccccc2)ccc1N=C(N)N=C(N)[NH2+]c1ccccn1. The number of hydrogen-bond acceptors (Lipinski definition) is 2. The zero-order chi connectivity index (χ0) is 18.4. The average Bonchev–Trinajstić information content (AvgIpc) is 2.65. The second kappa shape index (κ2) is 8.04. The second-order valence-corrected chi connectivity index (χ2v) is 5.77. The highest BCUT2D eigenvalue weighted by Gasteiger charge is 2.05. The predicted molar refractivity (Wildman–Crippen MR) is 105 cm³/mol. The monoisotopic (exact) mass is 345 g/mol. The molecule has 1 aromatic heterocycles. The molecule has 0 spiro atoms. The van der Waals surface area contributed by atoms with Gasteiger partial charge in [0.05, 0.1) is 5.69 Å². The molecule has 3 aromatic rings. The second-order valence-electron chi connectivity index (χ2n) is 5.77. The van der Waals surface area contributed by atoms with Crippen molar-refractivity contribution in [1.29, 1.82) is 0 Å². The van der Waals surface area contributed by atoms with Gasteiger partial charge in [-0.1, -0.05) is 42.5 Å². The number of quaternary nitrogens is 1. The molecule has 0 fully saturated rings. The van der Waals surface area contributed by atoms with E-state index in [4.69, 9.17) is 11.5 Å². The van der Waals surface area contributed by atoms with Crippen LogP contribution in [0.25, 0.3) is 11.1 Å². The molecule has 6 heteroatoms. The third kappa shape index (κ3) is 4.52. The lowest BCUT2D eigenvalue weighted by atomic mass is 10.0. The third-order valence-corrected chi connectivity index (χ3v) is 3.77. The van der Waals surface area contributed by atoms with E-state index >= 15 is 0 Å². The highest BCUT2D eigenvalue weighted by atomic mass is 15.2. The Balaban J connectivity index is 1.77. The van der Waals surface area contributed by atoms with Crippen LogP contribution in [-0.2, 0) is 0 Å². The fourth-order valence-corrected chi connectivity index (χ4v) is 2.52. The number of nitrogens with two attached hydrogens (primary N) is 3. The number of hydrogen-bond donors (Lipinski definition) is 3. The number of nitrogens with zero attached hydrogens (tertiary/aromatic N) is 3. The molecule has 0 aliphatic carbocycles. The summed E-state index contributed by atoms with van der Waals surface area (Å²) in [6, 6.07) is 21.8. The minimum Gasteiger partial charge on any atom is -0.368 e. The summed E-state index contributed by atoms with van der Waals surface area (Å²) < 4.78 is 0. The van der Waals surface area contributed by atoms with Crippen LogP contribution in [0.5, 0.6) is 0 Å². The van der Waals surface area contributed by atoms with E-state index in [-0.39, 0.29) is 11.9 Å². The first kappa shape index (κ1) is 17.3. The quantitative estimate of drug-likeness (QED) is 0.500. The molecular formula is C20H21N6+. The van der Waals surface area contributed by atoms with E-state index in [1.54, 1.807) is 11.5 Å². The first-order valence-electron chi connectivity index (χ1n) is 8.22. The van der Waals surface area contributed by atoms with E-state index in [0.717, 1.165) is 22.4 Å². The summed E-state index contributed by atoms with van der Waals surface area (Å²) in [6.45, 7) is 1.99. The number of pyridine rings is 1. The van der Waals surface area contributed by atoms with Gasteiger partial charge in [-0.15, -0.1) is 4.99 Å². The van der Waals surface area contributed by atoms with Crippen molar-refractivity contribution in [3.63, 3.8) is 0 Å². The van der Waals surface area contributed by atoms with E-state index in [0.29, 0.717) is 5.82 Å². The first-order valence-corrected chi connectivity index (χ1v) is 8.22. The molecule has 6 N–H and O–H groups in total. The lowest BCUT2D eigenvalue weighted by molar-refractivity contribution is -0.450. The molecule has 0 saturated carbocycles. The van der Waals surface area contributed by atoms with Crippen molar-refractivity contribution < 1.29 is 5.32 Å². The van der Waals surface area contributed by atoms with Gasteiger partial charge >= 0.3 is 5.96 Å². The fourth-order valence-electron chi connectivity index (χ4n) is 2.52. The van der Waals surface area contributed by atoms with Crippen molar-refractivity contribution in [3.8, 4) is 11.1 Å². The van der Waals surface area contributed by atoms with Gasteiger partial charge in [0.2, 0.25) is 11.8 Å². The summed E-state index contributed by atoms with van der Waals surface area (Å²) in [6.07, 6.45) is 1.69. The van der Waals surface area contributed by atoms with Gasteiger partial charge in [-0.3, -0.25) is 0 Å². The van der Waals surface area contributed by atoms with E-state index < -0.39 is 0 Å². The Morgan fingerprint density at radius 1 is 0.923 bits per heavy atom. The van der Waals surface area contributed by atoms with Crippen LogP contribution in [0.15, 0.2) is 82.9 Å². The zero-order valence-electron chi connectivity index (χ0n) is 14.5. The Labute approximate surface area is 152 Å². The summed E-state index contributed by atoms with van der Waals surface area (Å²) in [7, 11) is 0. The topological polar surface area (TPSA) is 106 Å². The minimum absolute atomic E-state index is 0.102. The molecule has 0 radical (unpaired) electrons. The number of rotatable bonds is 3. The molecule has 0 aliphatic heterocycles. The van der Waals surface area contributed by atoms with Crippen molar-refractivity contribution in [1.82, 2.24) is 4.98 Å². The standard InChI is InChI=1S/C20H20N6/c1-14-13-16(15-7-3-2-4-8-15)10-11-17(14)24-19(21)26-20(22)25-18-9-5-6-12-23-18/h2-13H,1H3,(H5,21,22,23,24,25,26)/p+1. The Bertz CT molecular complexity index is 933. The molecule has 0 bridgehead atoms. The van der Waals surface area contributed by atoms with Crippen LogP contribution in [0.1, 0.15) is 5.56 Å². The molecule has 130 valence electrons.